The first-order valence-electron chi connectivity index (χ1n) is 9.92. The van der Waals surface area contributed by atoms with Gasteiger partial charge in [-0.25, -0.2) is 0 Å². The van der Waals surface area contributed by atoms with E-state index in [0.29, 0.717) is 16.6 Å². The van der Waals surface area contributed by atoms with Gasteiger partial charge in [-0.3, -0.25) is 14.7 Å². The number of carbonyl (C=O) groups is 1. The van der Waals surface area contributed by atoms with Crippen molar-refractivity contribution in [3.63, 3.8) is 0 Å². The van der Waals surface area contributed by atoms with Gasteiger partial charge in [0.2, 0.25) is 5.91 Å². The molecule has 1 aromatic rings. The Balaban J connectivity index is 0.00000300. The van der Waals surface area contributed by atoms with E-state index < -0.39 is 0 Å². The molecule has 2 heterocycles. The fourth-order valence-electron chi connectivity index (χ4n) is 3.85. The predicted molar refractivity (Wildman–Crippen MR) is 130 cm³/mol. The zero-order valence-electron chi connectivity index (χ0n) is 17.0. The number of carbonyl (C=O) groups excluding carboxylic acids is 1. The molecule has 2 fully saturated rings. The van der Waals surface area contributed by atoms with Crippen molar-refractivity contribution in [2.24, 2.45) is 4.99 Å². The number of hydrogen-bond acceptors (Lipinski definition) is 3. The Morgan fingerprint density at radius 2 is 1.76 bits per heavy atom. The third-order valence-corrected chi connectivity index (χ3v) is 6.19. The molecule has 29 heavy (non-hydrogen) atoms. The fraction of sp³-hybridized carbons (Fsp3) is 0.600. The van der Waals surface area contributed by atoms with Crippen molar-refractivity contribution in [1.82, 2.24) is 20.0 Å². The second-order valence-corrected chi connectivity index (χ2v) is 8.21. The van der Waals surface area contributed by atoms with Crippen molar-refractivity contribution in [2.45, 2.75) is 32.4 Å². The van der Waals surface area contributed by atoms with Gasteiger partial charge in [0.25, 0.3) is 0 Å². The van der Waals surface area contributed by atoms with Gasteiger partial charge in [-0.2, -0.15) is 0 Å². The molecular formula is C20H30Cl2IN5O. The minimum atomic E-state index is -0.0527. The van der Waals surface area contributed by atoms with E-state index in [1.54, 1.807) is 13.1 Å². The highest BCUT2D eigenvalue weighted by atomic mass is 127. The van der Waals surface area contributed by atoms with Crippen molar-refractivity contribution < 1.29 is 4.79 Å². The SMILES string of the molecule is CN=C(NCc1ccc(Cl)cc1Cl)N1CCN(C(C)C(=O)N2CCCC2)CC1.I. The first-order valence-corrected chi connectivity index (χ1v) is 10.7. The molecule has 0 aliphatic carbocycles. The van der Waals surface area contributed by atoms with Gasteiger partial charge in [-0.15, -0.1) is 24.0 Å². The molecule has 0 aromatic heterocycles. The van der Waals surface area contributed by atoms with E-state index in [1.807, 2.05) is 24.0 Å². The number of benzene rings is 1. The third-order valence-electron chi connectivity index (χ3n) is 5.60. The summed E-state index contributed by atoms with van der Waals surface area (Å²) in [6, 6.07) is 5.46. The second-order valence-electron chi connectivity index (χ2n) is 7.37. The maximum absolute atomic E-state index is 12.6. The largest absolute Gasteiger partial charge is 0.352 e. The molecule has 0 bridgehead atoms. The fourth-order valence-corrected chi connectivity index (χ4v) is 4.33. The molecule has 0 radical (unpaired) electrons. The van der Waals surface area contributed by atoms with Crippen LogP contribution in [0.15, 0.2) is 23.2 Å². The molecule has 1 atom stereocenters. The van der Waals surface area contributed by atoms with Crippen LogP contribution in [0.3, 0.4) is 0 Å². The van der Waals surface area contributed by atoms with Crippen LogP contribution in [-0.2, 0) is 11.3 Å². The molecule has 9 heteroatoms. The van der Waals surface area contributed by atoms with Crippen LogP contribution in [0.4, 0.5) is 0 Å². The summed E-state index contributed by atoms with van der Waals surface area (Å²) in [5.74, 6) is 1.12. The Morgan fingerprint density at radius 1 is 1.10 bits per heavy atom. The van der Waals surface area contributed by atoms with Gasteiger partial charge < -0.3 is 15.1 Å². The molecule has 1 aromatic carbocycles. The van der Waals surface area contributed by atoms with Crippen LogP contribution in [-0.4, -0.2) is 78.9 Å². The van der Waals surface area contributed by atoms with Crippen LogP contribution in [0.25, 0.3) is 0 Å². The molecule has 162 valence electrons. The van der Waals surface area contributed by atoms with Gasteiger partial charge in [-0.05, 0) is 37.5 Å². The summed E-state index contributed by atoms with van der Waals surface area (Å²) >= 11 is 12.2. The summed E-state index contributed by atoms with van der Waals surface area (Å²) in [7, 11) is 1.79. The zero-order chi connectivity index (χ0) is 20.1. The highest BCUT2D eigenvalue weighted by Crippen LogP contribution is 2.21. The quantitative estimate of drug-likeness (QED) is 0.353. The van der Waals surface area contributed by atoms with Crippen molar-refractivity contribution in [1.29, 1.82) is 0 Å². The van der Waals surface area contributed by atoms with Crippen LogP contribution in [0.5, 0.6) is 0 Å². The van der Waals surface area contributed by atoms with E-state index in [0.717, 1.165) is 63.6 Å². The lowest BCUT2D eigenvalue weighted by molar-refractivity contribution is -0.135. The summed E-state index contributed by atoms with van der Waals surface area (Å²) < 4.78 is 0. The Kier molecular flexibility index (Phi) is 9.78. The number of hydrogen-bond donors (Lipinski definition) is 1. The highest BCUT2D eigenvalue weighted by molar-refractivity contribution is 14.0. The van der Waals surface area contributed by atoms with E-state index in [4.69, 9.17) is 23.2 Å². The van der Waals surface area contributed by atoms with Gasteiger partial charge in [0.1, 0.15) is 0 Å². The van der Waals surface area contributed by atoms with E-state index >= 15 is 0 Å². The summed E-state index contributed by atoms with van der Waals surface area (Å²) in [4.78, 5) is 23.6. The zero-order valence-corrected chi connectivity index (χ0v) is 20.9. The molecule has 3 rings (SSSR count). The number of amides is 1. The minimum absolute atomic E-state index is 0. The van der Waals surface area contributed by atoms with Gasteiger partial charge in [0.05, 0.1) is 6.04 Å². The Morgan fingerprint density at radius 3 is 2.34 bits per heavy atom. The van der Waals surface area contributed by atoms with E-state index in [-0.39, 0.29) is 35.9 Å². The number of guanidine groups is 1. The van der Waals surface area contributed by atoms with Crippen LogP contribution < -0.4 is 5.32 Å². The molecule has 2 aliphatic rings. The molecule has 2 aliphatic heterocycles. The number of nitrogens with one attached hydrogen (secondary N) is 1. The minimum Gasteiger partial charge on any atom is -0.352 e. The van der Waals surface area contributed by atoms with Crippen molar-refractivity contribution in [2.75, 3.05) is 46.3 Å². The van der Waals surface area contributed by atoms with Gasteiger partial charge in [0.15, 0.2) is 5.96 Å². The van der Waals surface area contributed by atoms with Crippen LogP contribution in [0.1, 0.15) is 25.3 Å². The van der Waals surface area contributed by atoms with Crippen LogP contribution in [0, 0.1) is 0 Å². The van der Waals surface area contributed by atoms with Gasteiger partial charge >= 0.3 is 0 Å². The highest BCUT2D eigenvalue weighted by Gasteiger charge is 2.30. The summed E-state index contributed by atoms with van der Waals surface area (Å²) in [6.07, 6.45) is 2.26. The number of halogens is 3. The Hall–Kier alpha value is -0.770. The van der Waals surface area contributed by atoms with E-state index in [1.165, 1.54) is 0 Å². The standard InChI is InChI=1S/C20H29Cl2N5O.HI/c1-15(19(28)26-7-3-4-8-26)25-9-11-27(12-10-25)20(23-2)24-14-16-5-6-17(21)13-18(16)22;/h5-6,13,15H,3-4,7-12,14H2,1-2H3,(H,23,24);1H. The maximum atomic E-state index is 12.6. The molecule has 0 spiro atoms. The average Bonchev–Trinajstić information content (AvgIpc) is 3.24. The number of rotatable bonds is 4. The lowest BCUT2D eigenvalue weighted by Crippen LogP contribution is -2.57. The Labute approximate surface area is 200 Å². The maximum Gasteiger partial charge on any atom is 0.239 e. The van der Waals surface area contributed by atoms with Crippen molar-refractivity contribution >= 4 is 59.0 Å². The lowest BCUT2D eigenvalue weighted by Gasteiger charge is -2.39. The number of aliphatic imine (C=N–C) groups is 1. The summed E-state index contributed by atoms with van der Waals surface area (Å²) in [5, 5.41) is 4.66. The van der Waals surface area contributed by atoms with Crippen LogP contribution >= 0.6 is 47.2 Å². The summed E-state index contributed by atoms with van der Waals surface area (Å²) in [6.45, 7) is 7.82. The van der Waals surface area contributed by atoms with Crippen molar-refractivity contribution in [3.05, 3.63) is 33.8 Å². The molecule has 0 saturated carbocycles. The third kappa shape index (κ3) is 6.35. The normalized spacial score (nSPS) is 19.1. The second kappa shape index (κ2) is 11.6. The first kappa shape index (κ1) is 24.5. The molecule has 1 N–H and O–H groups in total. The van der Waals surface area contributed by atoms with E-state index in [9.17, 15) is 4.79 Å². The van der Waals surface area contributed by atoms with E-state index in [2.05, 4.69) is 20.1 Å². The van der Waals surface area contributed by atoms with Gasteiger partial charge in [0, 0.05) is 62.9 Å². The van der Waals surface area contributed by atoms with Gasteiger partial charge in [-0.1, -0.05) is 29.3 Å². The average molecular weight is 554 g/mol. The van der Waals surface area contributed by atoms with Crippen molar-refractivity contribution in [3.8, 4) is 0 Å². The van der Waals surface area contributed by atoms with Crippen LogP contribution in [0.2, 0.25) is 10.0 Å². The molecule has 1 amide bonds. The molecule has 2 saturated heterocycles. The molecule has 1 unspecified atom stereocenters. The molecule has 6 nitrogen and oxygen atoms in total. The number of piperazine rings is 1. The first-order chi connectivity index (χ1) is 13.5. The number of nitrogens with zero attached hydrogens (tertiary/aromatic N) is 4. The summed E-state index contributed by atoms with van der Waals surface area (Å²) in [5.41, 5.74) is 0.982. The Bertz CT molecular complexity index is 719. The number of likely N-dealkylation sites (tertiary alicyclic amines) is 1. The topological polar surface area (TPSA) is 51.2 Å². The smallest absolute Gasteiger partial charge is 0.239 e. The predicted octanol–water partition coefficient (Wildman–Crippen LogP) is 3.32. The lowest BCUT2D eigenvalue weighted by atomic mass is 10.2. The monoisotopic (exact) mass is 553 g/mol. The molecular weight excluding hydrogens is 524 g/mol.